The summed E-state index contributed by atoms with van der Waals surface area (Å²) >= 11 is 5.97. The van der Waals surface area contributed by atoms with Crippen molar-refractivity contribution in [1.82, 2.24) is 0 Å². The number of hydrogen-bond acceptors (Lipinski definition) is 2. The third-order valence-corrected chi connectivity index (χ3v) is 2.97. The van der Waals surface area contributed by atoms with Gasteiger partial charge in [-0.2, -0.15) is 0 Å². The Bertz CT molecular complexity index is 323. The van der Waals surface area contributed by atoms with Crippen molar-refractivity contribution in [2.75, 3.05) is 0 Å². The van der Waals surface area contributed by atoms with Crippen LogP contribution >= 0.6 is 19.0 Å². The largest absolute Gasteiger partial charge is 0.436 e. The third kappa shape index (κ3) is 5.36. The fourth-order valence-corrected chi connectivity index (χ4v) is 2.60. The molecule has 0 saturated carbocycles. The molecule has 0 aromatic heterocycles. The van der Waals surface area contributed by atoms with Crippen molar-refractivity contribution in [2.24, 2.45) is 0 Å². The van der Waals surface area contributed by atoms with Gasteiger partial charge < -0.3 is 9.05 Å². The highest BCUT2D eigenvalue weighted by Crippen LogP contribution is 2.47. The first-order valence-electron chi connectivity index (χ1n) is 4.76. The van der Waals surface area contributed by atoms with Gasteiger partial charge >= 0.3 is 7.73 Å². The summed E-state index contributed by atoms with van der Waals surface area (Å²) in [5.74, 6) is 0.750. The minimum absolute atomic E-state index is 0.280. The Labute approximate surface area is 97.3 Å². The van der Waals surface area contributed by atoms with E-state index in [0.29, 0.717) is 0 Å². The summed E-state index contributed by atoms with van der Waals surface area (Å²) in [5, 5.41) is 0. The van der Waals surface area contributed by atoms with Crippen LogP contribution in [0.1, 0.15) is 26.3 Å². The minimum Gasteiger partial charge on any atom is -0.436 e. The van der Waals surface area contributed by atoms with Crippen molar-refractivity contribution in [3.63, 3.8) is 0 Å². The van der Waals surface area contributed by atoms with Crippen LogP contribution in [0.2, 0.25) is 0 Å². The highest BCUT2D eigenvalue weighted by molar-refractivity contribution is 7.76. The van der Waals surface area contributed by atoms with E-state index in [4.69, 9.17) is 20.3 Å². The van der Waals surface area contributed by atoms with Crippen LogP contribution in [0.3, 0.4) is 0 Å². The molecule has 0 amide bonds. The fraction of sp³-hybridized carbons (Fsp3) is 0.455. The smallest absolute Gasteiger partial charge is 0.338 e. The lowest BCUT2D eigenvalue weighted by molar-refractivity contribution is 0.140. The molecule has 15 heavy (non-hydrogen) atoms. The van der Waals surface area contributed by atoms with Crippen molar-refractivity contribution in [3.05, 3.63) is 29.8 Å². The summed E-state index contributed by atoms with van der Waals surface area (Å²) < 4.78 is 11.0. The second kappa shape index (κ2) is 5.16. The molecule has 0 aliphatic carbocycles. The van der Waals surface area contributed by atoms with Crippen molar-refractivity contribution in [3.8, 4) is 5.75 Å². The van der Waals surface area contributed by atoms with Crippen molar-refractivity contribution in [1.29, 1.82) is 0 Å². The van der Waals surface area contributed by atoms with Crippen molar-refractivity contribution in [2.45, 2.75) is 33.3 Å². The molecule has 1 aromatic carbocycles. The summed E-state index contributed by atoms with van der Waals surface area (Å²) in [6.45, 7) is 7.85. The average Bonchev–Trinajstić information content (AvgIpc) is 1.99. The van der Waals surface area contributed by atoms with E-state index in [2.05, 4.69) is 0 Å². The maximum Gasteiger partial charge on any atom is 0.338 e. The number of benzene rings is 1. The molecule has 1 aromatic rings. The lowest BCUT2D eigenvalue weighted by Crippen LogP contribution is -2.15. The molecular weight excluding hydrogens is 231 g/mol. The van der Waals surface area contributed by atoms with Gasteiger partial charge in [0.15, 0.2) is 0 Å². The van der Waals surface area contributed by atoms with Gasteiger partial charge in [-0.15, -0.1) is 0 Å². The zero-order valence-corrected chi connectivity index (χ0v) is 11.1. The first-order chi connectivity index (χ1) is 6.87. The van der Waals surface area contributed by atoms with Gasteiger partial charge in [-0.1, -0.05) is 12.1 Å². The lowest BCUT2D eigenvalue weighted by atomic mass is 10.2. The lowest BCUT2D eigenvalue weighted by Gasteiger charge is -2.22. The minimum atomic E-state index is -1.39. The molecule has 0 bridgehead atoms. The van der Waals surface area contributed by atoms with E-state index in [1.165, 1.54) is 0 Å². The summed E-state index contributed by atoms with van der Waals surface area (Å²) in [6.07, 6.45) is 0. The van der Waals surface area contributed by atoms with Gasteiger partial charge in [0.05, 0.1) is 5.60 Å². The molecule has 1 rings (SSSR count). The van der Waals surface area contributed by atoms with Crippen LogP contribution in [-0.2, 0) is 4.52 Å². The SMILES string of the molecule is Cc1cccc(OP(Cl)OC(C)(C)C)c1. The Hall–Kier alpha value is -0.300. The summed E-state index contributed by atoms with van der Waals surface area (Å²) in [6, 6.07) is 7.75. The van der Waals surface area contributed by atoms with Crippen LogP contribution in [-0.4, -0.2) is 5.60 Å². The number of rotatable bonds is 3. The maximum atomic E-state index is 5.97. The van der Waals surface area contributed by atoms with E-state index >= 15 is 0 Å². The Balaban J connectivity index is 2.55. The van der Waals surface area contributed by atoms with Gasteiger partial charge in [0.25, 0.3) is 0 Å². The standard InChI is InChI=1S/C11H16ClO2P/c1-9-6-5-7-10(8-9)13-15(12)14-11(2,3)4/h5-8H,1-4H3. The van der Waals surface area contributed by atoms with Crippen LogP contribution in [0, 0.1) is 6.92 Å². The molecule has 0 fully saturated rings. The summed E-state index contributed by atoms with van der Waals surface area (Å²) in [7, 11) is -1.39. The van der Waals surface area contributed by atoms with Crippen LogP contribution in [0.5, 0.6) is 5.75 Å². The molecular formula is C11H16ClO2P. The highest BCUT2D eigenvalue weighted by atomic mass is 35.7. The number of hydrogen-bond donors (Lipinski definition) is 0. The first kappa shape index (κ1) is 12.8. The monoisotopic (exact) mass is 246 g/mol. The fourth-order valence-electron chi connectivity index (χ4n) is 0.989. The Morgan fingerprint density at radius 1 is 1.27 bits per heavy atom. The summed E-state index contributed by atoms with van der Waals surface area (Å²) in [4.78, 5) is 0. The molecule has 0 spiro atoms. The molecule has 84 valence electrons. The van der Waals surface area contributed by atoms with Crippen LogP contribution < -0.4 is 4.52 Å². The van der Waals surface area contributed by atoms with E-state index in [1.807, 2.05) is 52.0 Å². The molecule has 1 atom stereocenters. The molecule has 0 saturated heterocycles. The molecule has 0 aliphatic heterocycles. The molecule has 2 nitrogen and oxygen atoms in total. The molecule has 0 radical (unpaired) electrons. The Morgan fingerprint density at radius 3 is 2.47 bits per heavy atom. The Morgan fingerprint density at radius 2 is 1.93 bits per heavy atom. The van der Waals surface area contributed by atoms with Crippen LogP contribution in [0.15, 0.2) is 24.3 Å². The van der Waals surface area contributed by atoms with E-state index in [0.717, 1.165) is 11.3 Å². The second-order valence-corrected chi connectivity index (χ2v) is 5.94. The van der Waals surface area contributed by atoms with Gasteiger partial charge in [0.1, 0.15) is 5.75 Å². The van der Waals surface area contributed by atoms with Crippen molar-refractivity contribution < 1.29 is 9.05 Å². The predicted molar refractivity (Wildman–Crippen MR) is 65.4 cm³/mol. The summed E-state index contributed by atoms with van der Waals surface area (Å²) in [5.41, 5.74) is 0.861. The molecule has 0 N–H and O–H groups in total. The van der Waals surface area contributed by atoms with Crippen LogP contribution in [0.25, 0.3) is 0 Å². The average molecular weight is 247 g/mol. The normalized spacial score (nSPS) is 13.7. The maximum absolute atomic E-state index is 5.97. The van der Waals surface area contributed by atoms with Gasteiger partial charge in [-0.25, -0.2) is 0 Å². The predicted octanol–water partition coefficient (Wildman–Crippen LogP) is 4.65. The van der Waals surface area contributed by atoms with Gasteiger partial charge in [0.2, 0.25) is 0 Å². The number of halogens is 1. The van der Waals surface area contributed by atoms with E-state index in [9.17, 15) is 0 Å². The zero-order chi connectivity index (χ0) is 11.5. The first-order valence-corrected chi connectivity index (χ1v) is 6.85. The quantitative estimate of drug-likeness (QED) is 0.723. The molecule has 0 heterocycles. The van der Waals surface area contributed by atoms with Crippen molar-refractivity contribution >= 4 is 19.0 Å². The second-order valence-electron chi connectivity index (χ2n) is 4.32. The van der Waals surface area contributed by atoms with E-state index in [-0.39, 0.29) is 5.60 Å². The van der Waals surface area contributed by atoms with Gasteiger partial charge in [-0.3, -0.25) is 0 Å². The zero-order valence-electron chi connectivity index (χ0n) is 9.45. The topological polar surface area (TPSA) is 18.5 Å². The van der Waals surface area contributed by atoms with Gasteiger partial charge in [0, 0.05) is 0 Å². The molecule has 0 aliphatic rings. The Kier molecular flexibility index (Phi) is 4.39. The van der Waals surface area contributed by atoms with Gasteiger partial charge in [-0.05, 0) is 56.6 Å². The van der Waals surface area contributed by atoms with E-state index < -0.39 is 7.73 Å². The molecule has 1 unspecified atom stereocenters. The highest BCUT2D eigenvalue weighted by Gasteiger charge is 2.19. The third-order valence-electron chi connectivity index (χ3n) is 1.51. The van der Waals surface area contributed by atoms with E-state index in [1.54, 1.807) is 0 Å². The van der Waals surface area contributed by atoms with Crippen LogP contribution in [0.4, 0.5) is 0 Å². The number of aryl methyl sites for hydroxylation is 1. The molecule has 4 heteroatoms.